The summed E-state index contributed by atoms with van der Waals surface area (Å²) in [6.45, 7) is 6.39. The number of aryl methyl sites for hydroxylation is 1. The number of hydrogen-bond acceptors (Lipinski definition) is 3. The molecule has 1 aliphatic heterocycles. The first kappa shape index (κ1) is 15.3. The van der Waals surface area contributed by atoms with Gasteiger partial charge in [0.05, 0.1) is 0 Å². The Hall–Kier alpha value is -1.07. The lowest BCUT2D eigenvalue weighted by molar-refractivity contribution is -0.132. The maximum Gasteiger partial charge on any atom is 0.224 e. The molecule has 0 spiro atoms. The lowest BCUT2D eigenvalue weighted by atomic mass is 10.2. The maximum absolute atomic E-state index is 12.1. The van der Waals surface area contributed by atoms with E-state index in [1.54, 1.807) is 0 Å². The standard InChI is InChI=1S/C15H22BrN3O/c1-12-3-4-14(13(16)11-12)17-6-5-15(20)19-9-7-18(2)8-10-19/h3-4,11,17H,5-10H2,1-2H3. The number of benzene rings is 1. The number of halogens is 1. The van der Waals surface area contributed by atoms with Crippen LogP contribution in [-0.2, 0) is 4.79 Å². The van der Waals surface area contributed by atoms with Gasteiger partial charge in [0.25, 0.3) is 0 Å². The molecule has 1 heterocycles. The number of nitrogens with zero attached hydrogens (tertiary/aromatic N) is 2. The molecule has 1 amide bonds. The molecule has 4 nitrogen and oxygen atoms in total. The summed E-state index contributed by atoms with van der Waals surface area (Å²) in [4.78, 5) is 16.3. The van der Waals surface area contributed by atoms with Crippen LogP contribution in [0.25, 0.3) is 0 Å². The second kappa shape index (κ2) is 7.09. The first-order valence-electron chi connectivity index (χ1n) is 7.02. The number of rotatable bonds is 4. The Balaban J connectivity index is 1.76. The topological polar surface area (TPSA) is 35.6 Å². The molecule has 1 saturated heterocycles. The van der Waals surface area contributed by atoms with Crippen molar-refractivity contribution in [1.29, 1.82) is 0 Å². The summed E-state index contributed by atoms with van der Waals surface area (Å²) in [7, 11) is 2.10. The van der Waals surface area contributed by atoms with Crippen LogP contribution in [0.2, 0.25) is 0 Å². The SMILES string of the molecule is Cc1ccc(NCCC(=O)N2CCN(C)CC2)c(Br)c1. The highest BCUT2D eigenvalue weighted by Crippen LogP contribution is 2.23. The molecule has 5 heteroatoms. The molecule has 1 aromatic carbocycles. The van der Waals surface area contributed by atoms with Crippen LogP contribution in [0.4, 0.5) is 5.69 Å². The van der Waals surface area contributed by atoms with Gasteiger partial charge in [0, 0.05) is 49.3 Å². The third-order valence-corrected chi connectivity index (χ3v) is 4.29. The molecule has 0 aromatic heterocycles. The molecule has 0 aliphatic carbocycles. The van der Waals surface area contributed by atoms with Crippen molar-refractivity contribution in [3.8, 4) is 0 Å². The molecule has 0 atom stereocenters. The summed E-state index contributed by atoms with van der Waals surface area (Å²) < 4.78 is 1.05. The minimum Gasteiger partial charge on any atom is -0.384 e. The highest BCUT2D eigenvalue weighted by molar-refractivity contribution is 9.10. The molecular formula is C15H22BrN3O. The van der Waals surface area contributed by atoms with E-state index >= 15 is 0 Å². The molecule has 0 unspecified atom stereocenters. The van der Waals surface area contributed by atoms with E-state index < -0.39 is 0 Å². The van der Waals surface area contributed by atoms with Crippen LogP contribution in [0.5, 0.6) is 0 Å². The van der Waals surface area contributed by atoms with Crippen molar-refractivity contribution in [2.75, 3.05) is 45.1 Å². The molecular weight excluding hydrogens is 318 g/mol. The van der Waals surface area contributed by atoms with Crippen LogP contribution in [0.3, 0.4) is 0 Å². The first-order chi connectivity index (χ1) is 9.56. The Kier molecular flexibility index (Phi) is 5.43. The molecule has 2 rings (SSSR count). The Morgan fingerprint density at radius 3 is 2.65 bits per heavy atom. The number of amides is 1. The average Bonchev–Trinajstić information content (AvgIpc) is 2.42. The number of anilines is 1. The number of nitrogens with one attached hydrogen (secondary N) is 1. The molecule has 1 N–H and O–H groups in total. The molecule has 0 radical (unpaired) electrons. The largest absolute Gasteiger partial charge is 0.384 e. The Bertz CT molecular complexity index is 470. The Morgan fingerprint density at radius 1 is 1.30 bits per heavy atom. The zero-order chi connectivity index (χ0) is 14.5. The lowest BCUT2D eigenvalue weighted by Gasteiger charge is -2.32. The van der Waals surface area contributed by atoms with Gasteiger partial charge < -0.3 is 15.1 Å². The van der Waals surface area contributed by atoms with Crippen molar-refractivity contribution in [3.63, 3.8) is 0 Å². The fourth-order valence-electron chi connectivity index (χ4n) is 2.28. The van der Waals surface area contributed by atoms with Gasteiger partial charge in [0.15, 0.2) is 0 Å². The fraction of sp³-hybridized carbons (Fsp3) is 0.533. The van der Waals surface area contributed by atoms with E-state index in [1.807, 2.05) is 11.0 Å². The number of likely N-dealkylation sites (N-methyl/N-ethyl adjacent to an activating group) is 1. The predicted molar refractivity (Wildman–Crippen MR) is 86.1 cm³/mol. The van der Waals surface area contributed by atoms with Gasteiger partial charge >= 0.3 is 0 Å². The van der Waals surface area contributed by atoms with E-state index in [-0.39, 0.29) is 5.91 Å². The summed E-state index contributed by atoms with van der Waals surface area (Å²) in [5.74, 6) is 0.244. The Labute approximate surface area is 129 Å². The second-order valence-corrected chi connectivity index (χ2v) is 6.20. The average molecular weight is 340 g/mol. The summed E-state index contributed by atoms with van der Waals surface area (Å²) >= 11 is 3.53. The minimum atomic E-state index is 0.244. The van der Waals surface area contributed by atoms with Gasteiger partial charge in [0.1, 0.15) is 0 Å². The molecule has 1 aromatic rings. The summed E-state index contributed by atoms with van der Waals surface area (Å²) in [6, 6.07) is 6.18. The maximum atomic E-state index is 12.1. The predicted octanol–water partition coefficient (Wildman–Crippen LogP) is 2.33. The van der Waals surface area contributed by atoms with Gasteiger partial charge in [-0.15, -0.1) is 0 Å². The third kappa shape index (κ3) is 4.21. The van der Waals surface area contributed by atoms with Crippen molar-refractivity contribution in [1.82, 2.24) is 9.80 Å². The first-order valence-corrected chi connectivity index (χ1v) is 7.82. The van der Waals surface area contributed by atoms with E-state index in [4.69, 9.17) is 0 Å². The van der Waals surface area contributed by atoms with E-state index in [9.17, 15) is 4.79 Å². The Morgan fingerprint density at radius 2 is 2.00 bits per heavy atom. The zero-order valence-corrected chi connectivity index (χ0v) is 13.7. The van der Waals surface area contributed by atoms with Crippen LogP contribution in [-0.4, -0.2) is 55.5 Å². The third-order valence-electron chi connectivity index (χ3n) is 3.63. The van der Waals surface area contributed by atoms with Crippen LogP contribution in [0.15, 0.2) is 22.7 Å². The van der Waals surface area contributed by atoms with Crippen LogP contribution in [0, 0.1) is 6.92 Å². The van der Waals surface area contributed by atoms with Crippen LogP contribution >= 0.6 is 15.9 Å². The lowest BCUT2D eigenvalue weighted by Crippen LogP contribution is -2.47. The van der Waals surface area contributed by atoms with Crippen molar-refractivity contribution >= 4 is 27.5 Å². The van der Waals surface area contributed by atoms with Gasteiger partial charge in [-0.25, -0.2) is 0 Å². The normalized spacial score (nSPS) is 16.2. The molecule has 1 fully saturated rings. The molecule has 110 valence electrons. The molecule has 0 saturated carbocycles. The second-order valence-electron chi connectivity index (χ2n) is 5.34. The highest BCUT2D eigenvalue weighted by Gasteiger charge is 2.18. The fourth-order valence-corrected chi connectivity index (χ4v) is 2.92. The van der Waals surface area contributed by atoms with Crippen LogP contribution < -0.4 is 5.32 Å². The van der Waals surface area contributed by atoms with Crippen molar-refractivity contribution in [3.05, 3.63) is 28.2 Å². The molecule has 0 bridgehead atoms. The monoisotopic (exact) mass is 339 g/mol. The van der Waals surface area contributed by atoms with Gasteiger partial charge in [-0.3, -0.25) is 4.79 Å². The van der Waals surface area contributed by atoms with E-state index in [1.165, 1.54) is 5.56 Å². The number of carbonyl (C=O) groups excluding carboxylic acids is 1. The van der Waals surface area contributed by atoms with Gasteiger partial charge in [-0.05, 0) is 47.6 Å². The number of piperazine rings is 1. The highest BCUT2D eigenvalue weighted by atomic mass is 79.9. The van der Waals surface area contributed by atoms with Crippen molar-refractivity contribution in [2.24, 2.45) is 0 Å². The van der Waals surface area contributed by atoms with E-state index in [2.05, 4.69) is 52.3 Å². The summed E-state index contributed by atoms with van der Waals surface area (Å²) in [6.07, 6.45) is 0.546. The van der Waals surface area contributed by atoms with Gasteiger partial charge in [0.2, 0.25) is 5.91 Å². The number of carbonyl (C=O) groups is 1. The summed E-state index contributed by atoms with van der Waals surface area (Å²) in [5.41, 5.74) is 2.26. The van der Waals surface area contributed by atoms with Gasteiger partial charge in [-0.2, -0.15) is 0 Å². The smallest absolute Gasteiger partial charge is 0.224 e. The molecule has 20 heavy (non-hydrogen) atoms. The number of hydrogen-bond donors (Lipinski definition) is 1. The quantitative estimate of drug-likeness (QED) is 0.914. The van der Waals surface area contributed by atoms with Gasteiger partial charge in [-0.1, -0.05) is 6.07 Å². The summed E-state index contributed by atoms with van der Waals surface area (Å²) in [5, 5.41) is 3.31. The minimum absolute atomic E-state index is 0.244. The van der Waals surface area contributed by atoms with E-state index in [0.717, 1.165) is 36.3 Å². The van der Waals surface area contributed by atoms with Crippen LogP contribution in [0.1, 0.15) is 12.0 Å². The van der Waals surface area contributed by atoms with E-state index in [0.29, 0.717) is 13.0 Å². The molecule has 1 aliphatic rings. The van der Waals surface area contributed by atoms with Crippen molar-refractivity contribution in [2.45, 2.75) is 13.3 Å². The zero-order valence-electron chi connectivity index (χ0n) is 12.2. The van der Waals surface area contributed by atoms with Crippen molar-refractivity contribution < 1.29 is 4.79 Å².